The average Bonchev–Trinajstić information content (AvgIpc) is 3.40. The van der Waals surface area contributed by atoms with Crippen molar-refractivity contribution in [1.29, 1.82) is 0 Å². The molecule has 0 radical (unpaired) electrons. The normalized spacial score (nSPS) is 16.8. The van der Waals surface area contributed by atoms with Gasteiger partial charge in [-0.2, -0.15) is 16.9 Å². The van der Waals surface area contributed by atoms with Crippen LogP contribution < -0.4 is 15.4 Å². The molecule has 184 valence electrons. The van der Waals surface area contributed by atoms with Crippen LogP contribution in [0.1, 0.15) is 29.7 Å². The van der Waals surface area contributed by atoms with E-state index in [4.69, 9.17) is 4.74 Å². The number of ether oxygens (including phenoxy) is 1. The predicted octanol–water partition coefficient (Wildman–Crippen LogP) is 1.56. The van der Waals surface area contributed by atoms with Crippen molar-refractivity contribution in [2.24, 2.45) is 5.92 Å². The van der Waals surface area contributed by atoms with Crippen LogP contribution >= 0.6 is 11.8 Å². The van der Waals surface area contributed by atoms with Gasteiger partial charge in [-0.1, -0.05) is 12.1 Å². The molecule has 0 spiro atoms. The SMILES string of the molecule is COc1ccc(CNC(=O)Cn2nc3c(c2NC(=O)C2CCN(S(C)(=O)=O)CC2)CSC3)cc1. The number of benzene rings is 1. The molecule has 1 aromatic carbocycles. The Morgan fingerprint density at radius 2 is 1.88 bits per heavy atom. The predicted molar refractivity (Wildman–Crippen MR) is 130 cm³/mol. The molecule has 0 atom stereocenters. The standard InChI is InChI=1S/C22H29N5O5S2/c1-32-17-5-3-15(4-6-17)11-23-20(28)12-27-21(18-13-33-14-19(18)25-27)24-22(29)16-7-9-26(10-8-16)34(2,30)31/h3-6,16H,7-14H2,1-2H3,(H,23,28)(H,24,29). The summed E-state index contributed by atoms with van der Waals surface area (Å²) >= 11 is 1.72. The van der Waals surface area contributed by atoms with Crippen LogP contribution in [-0.2, 0) is 44.2 Å². The number of fused-ring (bicyclic) bond motifs is 1. The van der Waals surface area contributed by atoms with E-state index in [9.17, 15) is 18.0 Å². The summed E-state index contributed by atoms with van der Waals surface area (Å²) in [6, 6.07) is 7.45. The van der Waals surface area contributed by atoms with Crippen molar-refractivity contribution < 1.29 is 22.7 Å². The van der Waals surface area contributed by atoms with Crippen molar-refractivity contribution in [2.45, 2.75) is 37.4 Å². The Morgan fingerprint density at radius 1 is 1.18 bits per heavy atom. The van der Waals surface area contributed by atoms with Gasteiger partial charge in [0, 0.05) is 42.6 Å². The molecule has 4 rings (SSSR count). The number of sulfonamides is 1. The molecule has 0 bridgehead atoms. The number of nitrogens with zero attached hydrogens (tertiary/aromatic N) is 3. The second-order valence-corrected chi connectivity index (χ2v) is 11.4. The number of amides is 2. The molecule has 1 saturated heterocycles. The zero-order chi connectivity index (χ0) is 24.3. The van der Waals surface area contributed by atoms with Gasteiger partial charge in [-0.05, 0) is 30.5 Å². The summed E-state index contributed by atoms with van der Waals surface area (Å²) in [5.74, 6) is 2.14. The first-order chi connectivity index (χ1) is 16.2. The summed E-state index contributed by atoms with van der Waals surface area (Å²) in [6.45, 7) is 1.03. The Hall–Kier alpha value is -2.57. The van der Waals surface area contributed by atoms with Gasteiger partial charge in [0.1, 0.15) is 18.1 Å². The molecule has 0 unspecified atom stereocenters. The third-order valence-electron chi connectivity index (χ3n) is 6.10. The van der Waals surface area contributed by atoms with Crippen LogP contribution in [0.3, 0.4) is 0 Å². The fraction of sp³-hybridized carbons (Fsp3) is 0.500. The monoisotopic (exact) mass is 507 g/mol. The molecule has 34 heavy (non-hydrogen) atoms. The van der Waals surface area contributed by atoms with E-state index in [1.54, 1.807) is 23.6 Å². The number of piperidine rings is 1. The molecule has 2 aliphatic rings. The third-order valence-corrected chi connectivity index (χ3v) is 8.37. The fourth-order valence-electron chi connectivity index (χ4n) is 4.12. The summed E-state index contributed by atoms with van der Waals surface area (Å²) in [5, 5.41) is 10.5. The van der Waals surface area contributed by atoms with Crippen molar-refractivity contribution >= 4 is 39.4 Å². The topological polar surface area (TPSA) is 123 Å². The zero-order valence-corrected chi connectivity index (χ0v) is 20.9. The van der Waals surface area contributed by atoms with Crippen LogP contribution in [0.4, 0.5) is 5.82 Å². The lowest BCUT2D eigenvalue weighted by Gasteiger charge is -2.29. The van der Waals surface area contributed by atoms with E-state index < -0.39 is 10.0 Å². The van der Waals surface area contributed by atoms with Gasteiger partial charge >= 0.3 is 0 Å². The number of hydrogen-bond donors (Lipinski definition) is 2. The number of aromatic nitrogens is 2. The number of anilines is 1. The Kier molecular flexibility index (Phi) is 7.48. The Bertz CT molecular complexity index is 1160. The van der Waals surface area contributed by atoms with Crippen molar-refractivity contribution in [3.05, 3.63) is 41.1 Å². The molecule has 10 nitrogen and oxygen atoms in total. The van der Waals surface area contributed by atoms with E-state index >= 15 is 0 Å². The molecule has 2 aliphatic heterocycles. The molecule has 1 aromatic heterocycles. The molecule has 12 heteroatoms. The van der Waals surface area contributed by atoms with Crippen molar-refractivity contribution in [1.82, 2.24) is 19.4 Å². The number of methoxy groups -OCH3 is 1. The minimum atomic E-state index is -3.25. The molecule has 2 aromatic rings. The van der Waals surface area contributed by atoms with Gasteiger partial charge in [0.15, 0.2) is 0 Å². The number of carbonyl (C=O) groups is 2. The van der Waals surface area contributed by atoms with Crippen LogP contribution in [-0.4, -0.2) is 60.8 Å². The van der Waals surface area contributed by atoms with Gasteiger partial charge in [0.2, 0.25) is 21.8 Å². The van der Waals surface area contributed by atoms with E-state index in [0.29, 0.717) is 38.3 Å². The van der Waals surface area contributed by atoms with E-state index in [2.05, 4.69) is 15.7 Å². The Labute approximate surface area is 203 Å². The highest BCUT2D eigenvalue weighted by molar-refractivity contribution is 7.98. The second kappa shape index (κ2) is 10.4. The molecular formula is C22H29N5O5S2. The lowest BCUT2D eigenvalue weighted by atomic mass is 9.97. The van der Waals surface area contributed by atoms with E-state index in [1.165, 1.54) is 10.6 Å². The van der Waals surface area contributed by atoms with Crippen LogP contribution in [0, 0.1) is 5.92 Å². The minimum absolute atomic E-state index is 0.00401. The maximum Gasteiger partial charge on any atom is 0.242 e. The van der Waals surface area contributed by atoms with Gasteiger partial charge in [-0.25, -0.2) is 17.4 Å². The van der Waals surface area contributed by atoms with Gasteiger partial charge < -0.3 is 15.4 Å². The highest BCUT2D eigenvalue weighted by Gasteiger charge is 2.31. The Balaban J connectivity index is 1.38. The molecule has 1 fully saturated rings. The molecule has 0 saturated carbocycles. The molecular weight excluding hydrogens is 478 g/mol. The maximum absolute atomic E-state index is 13.0. The molecule has 2 N–H and O–H groups in total. The average molecular weight is 508 g/mol. The molecule has 0 aliphatic carbocycles. The summed E-state index contributed by atoms with van der Waals surface area (Å²) in [4.78, 5) is 25.6. The summed E-state index contributed by atoms with van der Waals surface area (Å²) in [7, 11) is -1.65. The van der Waals surface area contributed by atoms with Crippen molar-refractivity contribution in [2.75, 3.05) is 31.8 Å². The van der Waals surface area contributed by atoms with Gasteiger partial charge in [0.25, 0.3) is 0 Å². The van der Waals surface area contributed by atoms with Crippen LogP contribution in [0.25, 0.3) is 0 Å². The highest BCUT2D eigenvalue weighted by Crippen LogP contribution is 2.35. The maximum atomic E-state index is 13.0. The van der Waals surface area contributed by atoms with E-state index in [1.807, 2.05) is 24.3 Å². The van der Waals surface area contributed by atoms with Crippen molar-refractivity contribution in [3.63, 3.8) is 0 Å². The summed E-state index contributed by atoms with van der Waals surface area (Å²) in [5.41, 5.74) is 2.78. The smallest absolute Gasteiger partial charge is 0.242 e. The highest BCUT2D eigenvalue weighted by atomic mass is 32.2. The van der Waals surface area contributed by atoms with Gasteiger partial charge in [0.05, 0.1) is 19.1 Å². The zero-order valence-electron chi connectivity index (χ0n) is 19.2. The lowest BCUT2D eigenvalue weighted by molar-refractivity contribution is -0.122. The lowest BCUT2D eigenvalue weighted by Crippen LogP contribution is -2.41. The number of rotatable bonds is 8. The van der Waals surface area contributed by atoms with Crippen LogP contribution in [0.2, 0.25) is 0 Å². The number of thioether (sulfide) groups is 1. The molecule has 3 heterocycles. The summed E-state index contributed by atoms with van der Waals surface area (Å²) in [6.07, 6.45) is 2.12. The van der Waals surface area contributed by atoms with Crippen LogP contribution in [0.5, 0.6) is 5.75 Å². The largest absolute Gasteiger partial charge is 0.497 e. The molecule has 2 amide bonds. The number of nitrogens with one attached hydrogen (secondary N) is 2. The first-order valence-electron chi connectivity index (χ1n) is 11.1. The number of carbonyl (C=O) groups excluding carboxylic acids is 2. The Morgan fingerprint density at radius 3 is 2.53 bits per heavy atom. The first-order valence-corrected chi connectivity index (χ1v) is 14.1. The van der Waals surface area contributed by atoms with E-state index in [-0.39, 0.29) is 24.3 Å². The van der Waals surface area contributed by atoms with E-state index in [0.717, 1.165) is 34.1 Å². The quantitative estimate of drug-likeness (QED) is 0.556. The second-order valence-electron chi connectivity index (χ2n) is 8.47. The first kappa shape index (κ1) is 24.6. The summed E-state index contributed by atoms with van der Waals surface area (Å²) < 4.78 is 31.6. The number of hydrogen-bond acceptors (Lipinski definition) is 7. The minimum Gasteiger partial charge on any atom is -0.497 e. The van der Waals surface area contributed by atoms with Crippen LogP contribution in [0.15, 0.2) is 24.3 Å². The fourth-order valence-corrected chi connectivity index (χ4v) is 6.03. The van der Waals surface area contributed by atoms with Gasteiger partial charge in [-0.3, -0.25) is 9.59 Å². The van der Waals surface area contributed by atoms with Crippen molar-refractivity contribution in [3.8, 4) is 5.75 Å². The third kappa shape index (κ3) is 5.73. The van der Waals surface area contributed by atoms with Gasteiger partial charge in [-0.15, -0.1) is 0 Å².